The molecule has 23 heavy (non-hydrogen) atoms. The number of rotatable bonds is 4. The van der Waals surface area contributed by atoms with Crippen LogP contribution in [-0.4, -0.2) is 38.2 Å². The minimum Gasteiger partial charge on any atom is -0.327 e. The van der Waals surface area contributed by atoms with E-state index in [0.29, 0.717) is 19.6 Å². The number of nitrogens with zero attached hydrogens (tertiary/aromatic N) is 4. The van der Waals surface area contributed by atoms with Crippen LogP contribution in [0.4, 0.5) is 8.78 Å². The van der Waals surface area contributed by atoms with Crippen molar-refractivity contribution in [1.29, 1.82) is 0 Å². The number of nitrogens with two attached hydrogens (primary N) is 1. The van der Waals surface area contributed by atoms with Crippen LogP contribution in [0.25, 0.3) is 0 Å². The summed E-state index contributed by atoms with van der Waals surface area (Å²) in [5, 5.41) is 4.05. The fourth-order valence-corrected chi connectivity index (χ4v) is 2.68. The number of aromatic nitrogens is 3. The predicted octanol–water partition coefficient (Wildman–Crippen LogP) is 0.859. The number of benzene rings is 1. The van der Waals surface area contributed by atoms with Crippen LogP contribution in [0.1, 0.15) is 17.8 Å². The molecule has 1 aliphatic rings. The van der Waals surface area contributed by atoms with Crippen molar-refractivity contribution in [3.05, 3.63) is 47.5 Å². The molecule has 8 heteroatoms. The summed E-state index contributed by atoms with van der Waals surface area (Å²) in [7, 11) is 0. The molecule has 1 amide bonds. The molecular weight excluding hydrogens is 304 g/mol. The van der Waals surface area contributed by atoms with Gasteiger partial charge in [-0.3, -0.25) is 4.79 Å². The van der Waals surface area contributed by atoms with E-state index in [-0.39, 0.29) is 24.3 Å². The Morgan fingerprint density at radius 2 is 2.22 bits per heavy atom. The summed E-state index contributed by atoms with van der Waals surface area (Å²) in [6, 6.07) is 2.66. The quantitative estimate of drug-likeness (QED) is 0.906. The van der Waals surface area contributed by atoms with Crippen LogP contribution in [0.3, 0.4) is 0 Å². The van der Waals surface area contributed by atoms with Gasteiger partial charge in [-0.25, -0.2) is 18.4 Å². The average molecular weight is 321 g/mol. The first-order valence-electron chi connectivity index (χ1n) is 7.37. The molecule has 0 saturated heterocycles. The highest BCUT2D eigenvalue weighted by Crippen LogP contribution is 2.14. The fraction of sp³-hybridized carbons (Fsp3) is 0.400. The summed E-state index contributed by atoms with van der Waals surface area (Å²) < 4.78 is 28.4. The Morgan fingerprint density at radius 1 is 1.39 bits per heavy atom. The van der Waals surface area contributed by atoms with E-state index in [2.05, 4.69) is 10.1 Å². The molecule has 2 N–H and O–H groups in total. The van der Waals surface area contributed by atoms with Crippen LogP contribution >= 0.6 is 0 Å². The molecule has 2 heterocycles. The van der Waals surface area contributed by atoms with E-state index in [9.17, 15) is 13.6 Å². The summed E-state index contributed by atoms with van der Waals surface area (Å²) in [6.07, 6.45) is 2.28. The number of amides is 1. The van der Waals surface area contributed by atoms with E-state index in [1.54, 1.807) is 9.58 Å². The van der Waals surface area contributed by atoms with Gasteiger partial charge in [-0.1, -0.05) is 0 Å². The van der Waals surface area contributed by atoms with Gasteiger partial charge in [0.25, 0.3) is 0 Å². The Balaban J connectivity index is 1.58. The number of carbonyl (C=O) groups excluding carboxylic acids is 1. The zero-order valence-corrected chi connectivity index (χ0v) is 12.5. The molecule has 1 aromatic heterocycles. The second-order valence-electron chi connectivity index (χ2n) is 5.63. The highest BCUT2D eigenvalue weighted by atomic mass is 19.1. The molecule has 0 saturated carbocycles. The molecule has 0 unspecified atom stereocenters. The standard InChI is InChI=1S/C15H17F2N5O/c16-11-1-2-13(17)10(5-11)6-12(18)7-15(23)21-4-3-14-19-8-20-22(14)9-21/h1-2,5,8,12H,3-4,6-7,9,18H2/t12-/m1/s1. The van der Waals surface area contributed by atoms with Crippen molar-refractivity contribution in [2.75, 3.05) is 6.54 Å². The van der Waals surface area contributed by atoms with Crippen molar-refractivity contribution in [2.45, 2.75) is 32.0 Å². The molecule has 1 atom stereocenters. The molecule has 1 aromatic carbocycles. The van der Waals surface area contributed by atoms with Gasteiger partial charge in [0.2, 0.25) is 5.91 Å². The molecular formula is C15H17F2N5O. The number of hydrogen-bond donors (Lipinski definition) is 1. The Labute approximate surface area is 131 Å². The second kappa shape index (κ2) is 6.41. The average Bonchev–Trinajstić information content (AvgIpc) is 2.98. The maximum Gasteiger partial charge on any atom is 0.225 e. The highest BCUT2D eigenvalue weighted by molar-refractivity contribution is 5.76. The lowest BCUT2D eigenvalue weighted by Crippen LogP contribution is -2.42. The molecule has 0 aliphatic carbocycles. The minimum absolute atomic E-state index is 0.0694. The van der Waals surface area contributed by atoms with Crippen LogP contribution in [0.2, 0.25) is 0 Å². The van der Waals surface area contributed by atoms with E-state index < -0.39 is 17.7 Å². The highest BCUT2D eigenvalue weighted by Gasteiger charge is 2.23. The van der Waals surface area contributed by atoms with Crippen LogP contribution < -0.4 is 5.73 Å². The minimum atomic E-state index is -0.573. The zero-order valence-electron chi connectivity index (χ0n) is 12.5. The molecule has 2 aromatic rings. The molecule has 0 radical (unpaired) electrons. The molecule has 1 aliphatic heterocycles. The predicted molar refractivity (Wildman–Crippen MR) is 78.1 cm³/mol. The molecule has 122 valence electrons. The number of fused-ring (bicyclic) bond motifs is 1. The van der Waals surface area contributed by atoms with Crippen LogP contribution in [-0.2, 0) is 24.3 Å². The third-order valence-corrected chi connectivity index (χ3v) is 3.89. The Bertz CT molecular complexity index is 718. The van der Waals surface area contributed by atoms with Crippen LogP contribution in [0, 0.1) is 11.6 Å². The topological polar surface area (TPSA) is 77.0 Å². The maximum atomic E-state index is 13.6. The van der Waals surface area contributed by atoms with E-state index in [1.165, 1.54) is 6.33 Å². The van der Waals surface area contributed by atoms with Gasteiger partial charge in [0.1, 0.15) is 30.5 Å². The van der Waals surface area contributed by atoms with Gasteiger partial charge in [0, 0.05) is 25.4 Å². The van der Waals surface area contributed by atoms with Gasteiger partial charge in [-0.2, -0.15) is 5.10 Å². The van der Waals surface area contributed by atoms with Crippen molar-refractivity contribution in [1.82, 2.24) is 19.7 Å². The van der Waals surface area contributed by atoms with Gasteiger partial charge in [0.15, 0.2) is 0 Å². The smallest absolute Gasteiger partial charge is 0.225 e. The van der Waals surface area contributed by atoms with E-state index >= 15 is 0 Å². The lowest BCUT2D eigenvalue weighted by atomic mass is 10.0. The van der Waals surface area contributed by atoms with Crippen molar-refractivity contribution in [3.8, 4) is 0 Å². The van der Waals surface area contributed by atoms with Crippen LogP contribution in [0.5, 0.6) is 0 Å². The van der Waals surface area contributed by atoms with Gasteiger partial charge in [0.05, 0.1) is 0 Å². The number of carbonyl (C=O) groups is 1. The third kappa shape index (κ3) is 3.53. The first-order chi connectivity index (χ1) is 11.0. The molecule has 0 spiro atoms. The van der Waals surface area contributed by atoms with Crippen molar-refractivity contribution >= 4 is 5.91 Å². The lowest BCUT2D eigenvalue weighted by Gasteiger charge is -2.28. The first kappa shape index (κ1) is 15.5. The summed E-state index contributed by atoms with van der Waals surface area (Å²) in [5.41, 5.74) is 6.12. The summed E-state index contributed by atoms with van der Waals surface area (Å²) in [4.78, 5) is 18.0. The third-order valence-electron chi connectivity index (χ3n) is 3.89. The number of hydrogen-bond acceptors (Lipinski definition) is 4. The van der Waals surface area contributed by atoms with Gasteiger partial charge < -0.3 is 10.6 Å². The van der Waals surface area contributed by atoms with Gasteiger partial charge in [-0.15, -0.1) is 0 Å². The zero-order chi connectivity index (χ0) is 16.4. The summed E-state index contributed by atoms with van der Waals surface area (Å²) in [6.45, 7) is 0.897. The summed E-state index contributed by atoms with van der Waals surface area (Å²) in [5.74, 6) is -0.315. The van der Waals surface area contributed by atoms with Crippen molar-refractivity contribution in [3.63, 3.8) is 0 Å². The molecule has 6 nitrogen and oxygen atoms in total. The van der Waals surface area contributed by atoms with E-state index in [4.69, 9.17) is 5.73 Å². The first-order valence-corrected chi connectivity index (χ1v) is 7.37. The summed E-state index contributed by atoms with van der Waals surface area (Å²) >= 11 is 0. The Morgan fingerprint density at radius 3 is 3.04 bits per heavy atom. The fourth-order valence-electron chi connectivity index (χ4n) is 2.68. The second-order valence-corrected chi connectivity index (χ2v) is 5.63. The van der Waals surface area contributed by atoms with Gasteiger partial charge in [-0.05, 0) is 30.2 Å². The van der Waals surface area contributed by atoms with Crippen molar-refractivity contribution in [2.24, 2.45) is 5.73 Å². The van der Waals surface area contributed by atoms with E-state index in [1.807, 2.05) is 0 Å². The van der Waals surface area contributed by atoms with Crippen molar-refractivity contribution < 1.29 is 13.6 Å². The van der Waals surface area contributed by atoms with Gasteiger partial charge >= 0.3 is 0 Å². The monoisotopic (exact) mass is 321 g/mol. The Kier molecular flexibility index (Phi) is 4.33. The molecule has 0 fully saturated rings. The maximum absolute atomic E-state index is 13.6. The molecule has 0 bridgehead atoms. The number of halogens is 2. The molecule has 3 rings (SSSR count). The van der Waals surface area contributed by atoms with E-state index in [0.717, 1.165) is 24.0 Å². The van der Waals surface area contributed by atoms with Crippen LogP contribution in [0.15, 0.2) is 24.5 Å². The Hall–Kier alpha value is -2.35. The normalized spacial score (nSPS) is 15.3. The largest absolute Gasteiger partial charge is 0.327 e. The SMILES string of the molecule is N[C@@H](CC(=O)N1CCc2ncnn2C1)Cc1cc(F)ccc1F. The lowest BCUT2D eigenvalue weighted by molar-refractivity contribution is -0.134.